The number of carbonyl (C=O) groups is 2. The van der Waals surface area contributed by atoms with Crippen molar-refractivity contribution in [1.29, 1.82) is 0 Å². The van der Waals surface area contributed by atoms with E-state index in [0.29, 0.717) is 19.4 Å². The van der Waals surface area contributed by atoms with E-state index in [0.717, 1.165) is 51.4 Å². The number of hydrogen-bond acceptors (Lipinski definition) is 5. The lowest BCUT2D eigenvalue weighted by atomic mass is 10.0. The number of allylic oxidation sites excluding steroid dienone is 7. The minimum Gasteiger partial charge on any atom is -0.466 e. The highest BCUT2D eigenvalue weighted by Gasteiger charge is 2.18. The maximum absolute atomic E-state index is 12.5. The van der Waals surface area contributed by atoms with E-state index in [1.165, 1.54) is 327 Å². The number of unbranched alkanes of at least 4 members (excludes halogenated alkanes) is 53. The number of esters is 1. The van der Waals surface area contributed by atoms with Gasteiger partial charge in [-0.05, 0) is 89.9 Å². The summed E-state index contributed by atoms with van der Waals surface area (Å²) in [6.07, 6.45) is 94.9. The van der Waals surface area contributed by atoms with Gasteiger partial charge in [0.2, 0.25) is 5.91 Å². The van der Waals surface area contributed by atoms with Crippen LogP contribution in [-0.2, 0) is 14.3 Å². The molecule has 0 aliphatic rings. The molecule has 2 atom stereocenters. The Balaban J connectivity index is 3.46. The van der Waals surface area contributed by atoms with Gasteiger partial charge in [0.1, 0.15) is 0 Å². The van der Waals surface area contributed by atoms with Crippen molar-refractivity contribution in [3.8, 4) is 0 Å². The molecule has 0 bridgehead atoms. The molecule has 0 aliphatic heterocycles. The van der Waals surface area contributed by atoms with Gasteiger partial charge >= 0.3 is 5.97 Å². The Labute approximate surface area is 518 Å². The monoisotopic (exact) mass is 1160 g/mol. The van der Waals surface area contributed by atoms with Gasteiger partial charge in [-0.1, -0.05) is 351 Å². The van der Waals surface area contributed by atoms with Crippen molar-refractivity contribution in [2.24, 2.45) is 0 Å². The molecule has 0 heterocycles. The molecule has 1 amide bonds. The lowest BCUT2D eigenvalue weighted by Gasteiger charge is -2.20. The number of ether oxygens (including phenoxy) is 1. The normalized spacial score (nSPS) is 12.8. The molecule has 0 aromatic carbocycles. The first kappa shape index (κ1) is 80.8. The van der Waals surface area contributed by atoms with E-state index in [9.17, 15) is 19.8 Å². The number of hydrogen-bond donors (Lipinski definition) is 3. The van der Waals surface area contributed by atoms with Crippen LogP contribution in [0.3, 0.4) is 0 Å². The van der Waals surface area contributed by atoms with Crippen LogP contribution in [0.25, 0.3) is 0 Å². The molecular weight excluding hydrogens is 1020 g/mol. The Hall–Kier alpha value is -2.18. The molecule has 2 unspecified atom stereocenters. The summed E-state index contributed by atoms with van der Waals surface area (Å²) >= 11 is 0. The molecule has 0 radical (unpaired) electrons. The number of amides is 1. The predicted octanol–water partition coefficient (Wildman–Crippen LogP) is 24.4. The Bertz CT molecular complexity index is 1390. The minimum atomic E-state index is -0.851. The number of aliphatic hydroxyl groups excluding tert-OH is 2. The van der Waals surface area contributed by atoms with Gasteiger partial charge in [-0.15, -0.1) is 0 Å². The van der Waals surface area contributed by atoms with Crippen molar-refractivity contribution < 1.29 is 24.5 Å². The first-order valence-electron chi connectivity index (χ1n) is 37.4. The Morgan fingerprint density at radius 2 is 0.602 bits per heavy atom. The summed E-state index contributed by atoms with van der Waals surface area (Å²) in [6.45, 7) is 4.93. The molecule has 0 fully saturated rings. The standard InChI is InChI=1S/C77H145NO5/c1-3-5-7-9-11-13-15-17-19-21-22-23-24-26-29-32-35-38-41-45-49-53-57-61-65-69-75(80)74(73-79)78-76(81)70-66-62-58-54-50-46-42-39-36-33-30-27-25-28-31-34-37-40-44-48-52-56-60-64-68-72-83-77(82)71-67-63-59-55-51-47-43-20-18-16-14-12-10-8-6-4-2/h20,27-28,30-31,43,65,69,74-75,79-80H,3-19,21-26,29,32-42,44-64,66-68,70-73H2,1-2H3,(H,78,81)/b30-27-,31-28-,43-20-,69-65+. The van der Waals surface area contributed by atoms with Crippen LogP contribution < -0.4 is 5.32 Å². The zero-order chi connectivity index (χ0) is 59.9. The average molecular weight is 1170 g/mol. The fourth-order valence-electron chi connectivity index (χ4n) is 11.6. The topological polar surface area (TPSA) is 95.9 Å². The Morgan fingerprint density at radius 1 is 0.337 bits per heavy atom. The third-order valence-electron chi connectivity index (χ3n) is 17.3. The largest absolute Gasteiger partial charge is 0.466 e. The van der Waals surface area contributed by atoms with Gasteiger partial charge in [0.15, 0.2) is 0 Å². The number of rotatable bonds is 70. The summed E-state index contributed by atoms with van der Waals surface area (Å²) in [5, 5.41) is 23.3. The minimum absolute atomic E-state index is 0.00162. The van der Waals surface area contributed by atoms with Crippen LogP contribution in [0.5, 0.6) is 0 Å². The zero-order valence-electron chi connectivity index (χ0n) is 55.9. The van der Waals surface area contributed by atoms with Crippen molar-refractivity contribution in [2.45, 2.75) is 418 Å². The Morgan fingerprint density at radius 3 is 0.928 bits per heavy atom. The predicted molar refractivity (Wildman–Crippen MR) is 366 cm³/mol. The first-order valence-corrected chi connectivity index (χ1v) is 37.4. The molecule has 0 aliphatic carbocycles. The zero-order valence-corrected chi connectivity index (χ0v) is 55.9. The first-order chi connectivity index (χ1) is 41.0. The molecule has 83 heavy (non-hydrogen) atoms. The molecular formula is C77H145NO5. The van der Waals surface area contributed by atoms with E-state index < -0.39 is 12.1 Å². The summed E-state index contributed by atoms with van der Waals surface area (Å²) in [5.41, 5.74) is 0. The molecule has 0 rings (SSSR count). The van der Waals surface area contributed by atoms with E-state index in [4.69, 9.17) is 4.74 Å². The maximum Gasteiger partial charge on any atom is 0.305 e. The number of aliphatic hydroxyl groups is 2. The third-order valence-corrected chi connectivity index (χ3v) is 17.3. The van der Waals surface area contributed by atoms with Crippen LogP contribution in [0, 0.1) is 0 Å². The fourth-order valence-corrected chi connectivity index (χ4v) is 11.6. The highest BCUT2D eigenvalue weighted by molar-refractivity contribution is 5.76. The molecule has 6 nitrogen and oxygen atoms in total. The smallest absolute Gasteiger partial charge is 0.305 e. The molecule has 0 saturated carbocycles. The highest BCUT2D eigenvalue weighted by atomic mass is 16.5. The summed E-state index contributed by atoms with van der Waals surface area (Å²) in [7, 11) is 0. The van der Waals surface area contributed by atoms with Crippen LogP contribution in [0.2, 0.25) is 0 Å². The van der Waals surface area contributed by atoms with Crippen LogP contribution in [0.4, 0.5) is 0 Å². The van der Waals surface area contributed by atoms with Crippen molar-refractivity contribution in [2.75, 3.05) is 13.2 Å². The summed E-state index contributed by atoms with van der Waals surface area (Å²) < 4.78 is 5.49. The fraction of sp³-hybridized carbons (Fsp3) is 0.870. The second-order valence-electron chi connectivity index (χ2n) is 25.6. The van der Waals surface area contributed by atoms with Gasteiger partial charge in [0.05, 0.1) is 25.4 Å². The quantitative estimate of drug-likeness (QED) is 0.0320. The van der Waals surface area contributed by atoms with E-state index in [2.05, 4.69) is 55.6 Å². The van der Waals surface area contributed by atoms with Crippen LogP contribution in [0.15, 0.2) is 48.6 Å². The highest BCUT2D eigenvalue weighted by Crippen LogP contribution is 2.18. The number of carbonyl (C=O) groups excluding carboxylic acids is 2. The van der Waals surface area contributed by atoms with E-state index in [-0.39, 0.29) is 18.5 Å². The lowest BCUT2D eigenvalue weighted by molar-refractivity contribution is -0.143. The van der Waals surface area contributed by atoms with Crippen molar-refractivity contribution in [3.05, 3.63) is 48.6 Å². The van der Waals surface area contributed by atoms with Gasteiger partial charge in [-0.2, -0.15) is 0 Å². The summed E-state index contributed by atoms with van der Waals surface area (Å²) in [6, 6.07) is -0.635. The maximum atomic E-state index is 12.5. The van der Waals surface area contributed by atoms with Crippen molar-refractivity contribution in [3.63, 3.8) is 0 Å². The van der Waals surface area contributed by atoms with Gasteiger partial charge in [0.25, 0.3) is 0 Å². The van der Waals surface area contributed by atoms with E-state index in [1.54, 1.807) is 6.08 Å². The molecule has 0 saturated heterocycles. The summed E-state index contributed by atoms with van der Waals surface area (Å²) in [4.78, 5) is 24.6. The molecule has 0 spiro atoms. The molecule has 488 valence electrons. The van der Waals surface area contributed by atoms with Crippen LogP contribution in [-0.4, -0.2) is 47.4 Å². The van der Waals surface area contributed by atoms with Gasteiger partial charge in [-0.3, -0.25) is 9.59 Å². The molecule has 0 aromatic rings. The van der Waals surface area contributed by atoms with Gasteiger partial charge in [0, 0.05) is 12.8 Å². The van der Waals surface area contributed by atoms with Crippen molar-refractivity contribution >= 4 is 11.9 Å². The van der Waals surface area contributed by atoms with Gasteiger partial charge < -0.3 is 20.3 Å². The SMILES string of the molecule is CCCCCCCCC/C=C\CCCCCCCC(=O)OCCCCCCCCCCC/C=C\C/C=C\CCCCCCCCCCCC(=O)NC(CO)C(O)/C=C/CCCCCCCCCCCCCCCCCCCCCCCCC. The molecule has 0 aromatic heterocycles. The van der Waals surface area contributed by atoms with Crippen LogP contribution in [0.1, 0.15) is 406 Å². The number of nitrogens with one attached hydrogen (secondary N) is 1. The second kappa shape index (κ2) is 72.3. The molecule has 6 heteroatoms. The lowest BCUT2D eigenvalue weighted by Crippen LogP contribution is -2.45. The Kier molecular flexibility index (Phi) is 70.4. The van der Waals surface area contributed by atoms with Crippen molar-refractivity contribution in [1.82, 2.24) is 5.32 Å². The van der Waals surface area contributed by atoms with E-state index in [1.807, 2.05) is 6.08 Å². The van der Waals surface area contributed by atoms with Gasteiger partial charge in [-0.25, -0.2) is 0 Å². The van der Waals surface area contributed by atoms with E-state index >= 15 is 0 Å². The third kappa shape index (κ3) is 68.8. The summed E-state index contributed by atoms with van der Waals surface area (Å²) in [5.74, 6) is -0.0687. The average Bonchev–Trinajstić information content (AvgIpc) is 3.49. The molecule has 3 N–H and O–H groups in total. The second-order valence-corrected chi connectivity index (χ2v) is 25.6. The van der Waals surface area contributed by atoms with Crippen LogP contribution >= 0.6 is 0 Å².